The zero-order chi connectivity index (χ0) is 16.7. The lowest BCUT2D eigenvalue weighted by Gasteiger charge is -2.10. The summed E-state index contributed by atoms with van der Waals surface area (Å²) in [6, 6.07) is 5.85. The zero-order valence-corrected chi connectivity index (χ0v) is 13.6. The Balaban J connectivity index is 1.87. The lowest BCUT2D eigenvalue weighted by Crippen LogP contribution is -2.17. The van der Waals surface area contributed by atoms with E-state index in [4.69, 9.17) is 10.7 Å². The molecule has 8 nitrogen and oxygen atoms in total. The van der Waals surface area contributed by atoms with E-state index in [2.05, 4.69) is 39.0 Å². The Morgan fingerprint density at radius 3 is 2.75 bits per heavy atom. The van der Waals surface area contributed by atoms with Crippen LogP contribution in [0, 0.1) is 0 Å². The Labute approximate surface area is 138 Å². The summed E-state index contributed by atoms with van der Waals surface area (Å²) >= 11 is 0. The predicted octanol–water partition coefficient (Wildman–Crippen LogP) is 1.73. The second-order valence-electron chi connectivity index (χ2n) is 5.75. The summed E-state index contributed by atoms with van der Waals surface area (Å²) in [5.74, 6) is 1.33. The van der Waals surface area contributed by atoms with Gasteiger partial charge in [0.05, 0.1) is 30.1 Å². The lowest BCUT2D eigenvalue weighted by molar-refractivity contribution is 0.338. The third-order valence-corrected chi connectivity index (χ3v) is 4.10. The number of benzene rings is 1. The Morgan fingerprint density at radius 2 is 2.00 bits per heavy atom. The SMILES string of the molecule is CCN(C)Cc1nc2c([nH]1)c(N)nc1cc(-n3nccn3)ccc12. The number of aromatic nitrogens is 6. The number of anilines is 1. The number of rotatable bonds is 4. The average molecular weight is 322 g/mol. The van der Waals surface area contributed by atoms with Crippen LogP contribution >= 0.6 is 0 Å². The minimum Gasteiger partial charge on any atom is -0.382 e. The highest BCUT2D eigenvalue weighted by Crippen LogP contribution is 2.27. The Hall–Kier alpha value is -3.00. The van der Waals surface area contributed by atoms with Gasteiger partial charge in [-0.3, -0.25) is 4.90 Å². The van der Waals surface area contributed by atoms with Gasteiger partial charge in [-0.2, -0.15) is 15.0 Å². The van der Waals surface area contributed by atoms with Crippen molar-refractivity contribution in [2.45, 2.75) is 13.5 Å². The summed E-state index contributed by atoms with van der Waals surface area (Å²) in [6.07, 6.45) is 3.28. The van der Waals surface area contributed by atoms with Gasteiger partial charge in [-0.05, 0) is 31.8 Å². The van der Waals surface area contributed by atoms with Crippen LogP contribution in [0.4, 0.5) is 5.82 Å². The van der Waals surface area contributed by atoms with E-state index in [-0.39, 0.29) is 0 Å². The molecule has 0 aliphatic carbocycles. The maximum absolute atomic E-state index is 6.13. The van der Waals surface area contributed by atoms with Crippen molar-refractivity contribution < 1.29 is 0 Å². The number of hydrogen-bond acceptors (Lipinski definition) is 6. The number of pyridine rings is 1. The first kappa shape index (κ1) is 14.6. The summed E-state index contributed by atoms with van der Waals surface area (Å²) in [5, 5.41) is 9.24. The molecule has 24 heavy (non-hydrogen) atoms. The Bertz CT molecular complexity index is 1000. The normalized spacial score (nSPS) is 11.8. The van der Waals surface area contributed by atoms with Gasteiger partial charge in [0.25, 0.3) is 0 Å². The van der Waals surface area contributed by atoms with Crippen molar-refractivity contribution in [2.24, 2.45) is 0 Å². The molecule has 0 atom stereocenters. The second-order valence-corrected chi connectivity index (χ2v) is 5.75. The summed E-state index contributed by atoms with van der Waals surface area (Å²) in [5.41, 5.74) is 9.37. The highest BCUT2D eigenvalue weighted by molar-refractivity contribution is 6.06. The molecule has 1 aromatic carbocycles. The molecule has 4 aromatic rings. The van der Waals surface area contributed by atoms with Crippen LogP contribution in [0.2, 0.25) is 0 Å². The molecule has 0 unspecified atom stereocenters. The van der Waals surface area contributed by atoms with Gasteiger partial charge in [-0.15, -0.1) is 0 Å². The molecular formula is C16H18N8. The van der Waals surface area contributed by atoms with Gasteiger partial charge in [0.1, 0.15) is 22.7 Å². The van der Waals surface area contributed by atoms with Gasteiger partial charge >= 0.3 is 0 Å². The molecule has 122 valence electrons. The summed E-state index contributed by atoms with van der Waals surface area (Å²) in [4.78, 5) is 16.3. The molecule has 3 heterocycles. The maximum Gasteiger partial charge on any atom is 0.150 e. The fourth-order valence-electron chi connectivity index (χ4n) is 2.72. The van der Waals surface area contributed by atoms with Crippen molar-refractivity contribution in [1.82, 2.24) is 34.8 Å². The van der Waals surface area contributed by atoms with E-state index >= 15 is 0 Å². The van der Waals surface area contributed by atoms with E-state index in [0.29, 0.717) is 5.82 Å². The molecule has 0 aliphatic heterocycles. The van der Waals surface area contributed by atoms with Gasteiger partial charge in [0.15, 0.2) is 0 Å². The first-order chi connectivity index (χ1) is 11.7. The zero-order valence-electron chi connectivity index (χ0n) is 13.6. The number of imidazole rings is 1. The molecule has 3 aromatic heterocycles. The number of nitrogens with one attached hydrogen (secondary N) is 1. The molecule has 0 aliphatic rings. The van der Waals surface area contributed by atoms with Gasteiger partial charge in [0.2, 0.25) is 0 Å². The van der Waals surface area contributed by atoms with E-state index < -0.39 is 0 Å². The number of nitrogens with two attached hydrogens (primary N) is 1. The van der Waals surface area contributed by atoms with Crippen LogP contribution in [0.3, 0.4) is 0 Å². The molecule has 0 saturated carbocycles. The van der Waals surface area contributed by atoms with Crippen molar-refractivity contribution in [2.75, 3.05) is 19.3 Å². The van der Waals surface area contributed by atoms with Crippen LogP contribution < -0.4 is 5.73 Å². The van der Waals surface area contributed by atoms with Crippen molar-refractivity contribution in [3.8, 4) is 5.69 Å². The third-order valence-electron chi connectivity index (χ3n) is 4.10. The predicted molar refractivity (Wildman–Crippen MR) is 92.7 cm³/mol. The van der Waals surface area contributed by atoms with Gasteiger partial charge in [0, 0.05) is 5.39 Å². The molecule has 0 fully saturated rings. The summed E-state index contributed by atoms with van der Waals surface area (Å²) in [6.45, 7) is 3.80. The highest BCUT2D eigenvalue weighted by atomic mass is 15.5. The molecular weight excluding hydrogens is 304 g/mol. The summed E-state index contributed by atoms with van der Waals surface area (Å²) < 4.78 is 0. The lowest BCUT2D eigenvalue weighted by atomic mass is 10.1. The minimum atomic E-state index is 0.445. The van der Waals surface area contributed by atoms with E-state index in [9.17, 15) is 0 Å². The second kappa shape index (κ2) is 5.57. The largest absolute Gasteiger partial charge is 0.382 e. The molecule has 0 amide bonds. The van der Waals surface area contributed by atoms with Crippen LogP contribution in [0.1, 0.15) is 12.7 Å². The van der Waals surface area contributed by atoms with Gasteiger partial charge in [-0.25, -0.2) is 9.97 Å². The van der Waals surface area contributed by atoms with Crippen molar-refractivity contribution >= 4 is 27.8 Å². The number of nitrogen functional groups attached to an aromatic ring is 1. The van der Waals surface area contributed by atoms with Crippen molar-refractivity contribution in [3.63, 3.8) is 0 Å². The summed E-state index contributed by atoms with van der Waals surface area (Å²) in [7, 11) is 2.05. The van der Waals surface area contributed by atoms with Crippen LogP contribution in [0.25, 0.3) is 27.6 Å². The first-order valence-electron chi connectivity index (χ1n) is 7.78. The van der Waals surface area contributed by atoms with Crippen LogP contribution in [-0.2, 0) is 6.54 Å². The quantitative estimate of drug-likeness (QED) is 0.593. The van der Waals surface area contributed by atoms with Crippen LogP contribution in [0.5, 0.6) is 0 Å². The van der Waals surface area contributed by atoms with Crippen LogP contribution in [0.15, 0.2) is 30.6 Å². The van der Waals surface area contributed by atoms with E-state index in [1.54, 1.807) is 17.2 Å². The highest BCUT2D eigenvalue weighted by Gasteiger charge is 2.13. The molecule has 0 saturated heterocycles. The molecule has 4 rings (SSSR count). The fraction of sp³-hybridized carbons (Fsp3) is 0.250. The number of nitrogens with zero attached hydrogens (tertiary/aromatic N) is 6. The molecule has 0 spiro atoms. The Morgan fingerprint density at radius 1 is 1.21 bits per heavy atom. The van der Waals surface area contributed by atoms with Crippen LogP contribution in [-0.4, -0.2) is 48.4 Å². The number of aromatic amines is 1. The molecule has 0 radical (unpaired) electrons. The molecule has 8 heteroatoms. The smallest absolute Gasteiger partial charge is 0.150 e. The number of hydrogen-bond donors (Lipinski definition) is 2. The van der Waals surface area contributed by atoms with Gasteiger partial charge < -0.3 is 10.7 Å². The fourth-order valence-corrected chi connectivity index (χ4v) is 2.72. The average Bonchev–Trinajstić information content (AvgIpc) is 3.24. The monoisotopic (exact) mass is 322 g/mol. The topological polar surface area (TPSA) is 102 Å². The van der Waals surface area contributed by atoms with Crippen molar-refractivity contribution in [1.29, 1.82) is 0 Å². The number of fused-ring (bicyclic) bond motifs is 3. The minimum absolute atomic E-state index is 0.445. The van der Waals surface area contributed by atoms with E-state index in [0.717, 1.165) is 46.5 Å². The maximum atomic E-state index is 6.13. The van der Waals surface area contributed by atoms with E-state index in [1.807, 2.05) is 18.2 Å². The standard InChI is InChI=1S/C16H18N8/c1-3-23(2)9-13-21-14-11-5-4-10(24-18-6-7-19-24)8-12(11)20-16(17)15(14)22-13/h4-8H,3,9H2,1-2H3,(H2,17,20)(H,21,22). The van der Waals surface area contributed by atoms with Gasteiger partial charge in [-0.1, -0.05) is 6.92 Å². The Kier molecular flexibility index (Phi) is 3.39. The van der Waals surface area contributed by atoms with Crippen molar-refractivity contribution in [3.05, 3.63) is 36.4 Å². The van der Waals surface area contributed by atoms with E-state index in [1.165, 1.54) is 0 Å². The molecule has 3 N–H and O–H groups in total. The molecule has 0 bridgehead atoms. The number of H-pyrrole nitrogens is 1. The first-order valence-corrected chi connectivity index (χ1v) is 7.78. The third kappa shape index (κ3) is 2.37.